The van der Waals surface area contributed by atoms with E-state index in [0.717, 1.165) is 13.0 Å². The quantitative estimate of drug-likeness (QED) is 0.459. The van der Waals surface area contributed by atoms with Crippen LogP contribution in [0.5, 0.6) is 0 Å². The van der Waals surface area contributed by atoms with Crippen molar-refractivity contribution in [2.24, 2.45) is 0 Å². The number of hydrogen-bond donors (Lipinski definition) is 0. The molecule has 0 rings (SSSR count). The second kappa shape index (κ2) is 7.00. The standard InChI is InChI=1S/C14H29NO2/c1-6-7-8-9-10-11-12-15(4,5)14(2,3)13(16)17/h6-12H2,1-5H3. The highest BCUT2D eigenvalue weighted by Crippen LogP contribution is 2.21. The summed E-state index contributed by atoms with van der Waals surface area (Å²) in [6.07, 6.45) is 7.42. The highest BCUT2D eigenvalue weighted by atomic mass is 16.4. The second-order valence-electron chi connectivity index (χ2n) is 6.02. The van der Waals surface area contributed by atoms with Crippen molar-refractivity contribution in [2.75, 3.05) is 20.6 Å². The molecule has 0 fully saturated rings. The first-order valence-corrected chi connectivity index (χ1v) is 6.80. The zero-order chi connectivity index (χ0) is 13.5. The molecule has 17 heavy (non-hydrogen) atoms. The molecule has 0 radical (unpaired) electrons. The predicted octanol–water partition coefficient (Wildman–Crippen LogP) is 1.95. The predicted molar refractivity (Wildman–Crippen MR) is 69.4 cm³/mol. The van der Waals surface area contributed by atoms with Gasteiger partial charge in [0.05, 0.1) is 20.6 Å². The molecule has 0 aliphatic carbocycles. The first-order valence-electron chi connectivity index (χ1n) is 6.80. The Bertz CT molecular complexity index is 234. The van der Waals surface area contributed by atoms with Gasteiger partial charge < -0.3 is 14.4 Å². The summed E-state index contributed by atoms with van der Waals surface area (Å²) in [5, 5.41) is 11.1. The van der Waals surface area contributed by atoms with Crippen LogP contribution in [0, 0.1) is 0 Å². The molecule has 0 aromatic carbocycles. The zero-order valence-electron chi connectivity index (χ0n) is 12.2. The van der Waals surface area contributed by atoms with E-state index in [0.29, 0.717) is 4.48 Å². The number of carboxylic acids is 1. The van der Waals surface area contributed by atoms with Crippen LogP contribution >= 0.6 is 0 Å². The molecule has 0 amide bonds. The fraction of sp³-hybridized carbons (Fsp3) is 0.929. The molecule has 0 N–H and O–H groups in total. The number of nitrogens with zero attached hydrogens (tertiary/aromatic N) is 1. The minimum Gasteiger partial charge on any atom is -0.544 e. The van der Waals surface area contributed by atoms with Gasteiger partial charge in [-0.15, -0.1) is 0 Å². The minimum absolute atomic E-state index is 0.489. The van der Waals surface area contributed by atoms with Crippen molar-refractivity contribution in [1.82, 2.24) is 0 Å². The van der Waals surface area contributed by atoms with E-state index in [9.17, 15) is 9.90 Å². The molecule has 0 bridgehead atoms. The van der Waals surface area contributed by atoms with Crippen LogP contribution in [0.4, 0.5) is 0 Å². The number of hydrogen-bond acceptors (Lipinski definition) is 2. The molecule has 0 saturated carbocycles. The van der Waals surface area contributed by atoms with Crippen LogP contribution in [0.1, 0.15) is 59.3 Å². The maximum Gasteiger partial charge on any atom is 0.133 e. The van der Waals surface area contributed by atoms with Crippen molar-refractivity contribution < 1.29 is 14.4 Å². The van der Waals surface area contributed by atoms with Crippen LogP contribution < -0.4 is 5.11 Å². The van der Waals surface area contributed by atoms with Crippen molar-refractivity contribution in [2.45, 2.75) is 64.8 Å². The third-order valence-electron chi connectivity index (χ3n) is 4.08. The Morgan fingerprint density at radius 2 is 1.53 bits per heavy atom. The van der Waals surface area contributed by atoms with E-state index in [1.54, 1.807) is 13.8 Å². The molecular formula is C14H29NO2. The Morgan fingerprint density at radius 3 is 2.00 bits per heavy atom. The summed E-state index contributed by atoms with van der Waals surface area (Å²) < 4.78 is 0.489. The van der Waals surface area contributed by atoms with Gasteiger partial charge >= 0.3 is 0 Å². The second-order valence-corrected chi connectivity index (χ2v) is 6.02. The first kappa shape index (κ1) is 16.4. The van der Waals surface area contributed by atoms with Gasteiger partial charge in [0.1, 0.15) is 11.5 Å². The highest BCUT2D eigenvalue weighted by molar-refractivity contribution is 5.73. The number of likely N-dealkylation sites (N-methyl/N-ethyl adjacent to an activating group) is 1. The number of quaternary nitrogens is 1. The molecule has 102 valence electrons. The van der Waals surface area contributed by atoms with Crippen molar-refractivity contribution in [1.29, 1.82) is 0 Å². The maximum atomic E-state index is 11.1. The number of carboxylic acid groups (broad SMARTS) is 1. The molecule has 0 heterocycles. The lowest BCUT2D eigenvalue weighted by Crippen LogP contribution is -2.64. The fourth-order valence-electron chi connectivity index (χ4n) is 1.81. The largest absolute Gasteiger partial charge is 0.544 e. The SMILES string of the molecule is CCCCCCCC[N+](C)(C)C(C)(C)C(=O)[O-]. The maximum absolute atomic E-state index is 11.1. The van der Waals surface area contributed by atoms with Crippen LogP contribution in [0.3, 0.4) is 0 Å². The van der Waals surface area contributed by atoms with Crippen LogP contribution in [-0.4, -0.2) is 36.6 Å². The van der Waals surface area contributed by atoms with E-state index < -0.39 is 11.5 Å². The summed E-state index contributed by atoms with van der Waals surface area (Å²) in [6.45, 7) is 6.61. The number of unbranched alkanes of at least 4 members (excludes halogenated alkanes) is 5. The summed E-state index contributed by atoms with van der Waals surface area (Å²) in [5.41, 5.74) is -0.816. The van der Waals surface area contributed by atoms with Crippen molar-refractivity contribution in [3.05, 3.63) is 0 Å². The smallest absolute Gasteiger partial charge is 0.133 e. The number of rotatable bonds is 9. The van der Waals surface area contributed by atoms with E-state index in [4.69, 9.17) is 0 Å². The normalized spacial score (nSPS) is 12.8. The van der Waals surface area contributed by atoms with Crippen molar-refractivity contribution in [3.63, 3.8) is 0 Å². The first-order chi connectivity index (χ1) is 7.75. The number of carbonyl (C=O) groups is 1. The third-order valence-corrected chi connectivity index (χ3v) is 4.08. The Morgan fingerprint density at radius 1 is 1.06 bits per heavy atom. The van der Waals surface area contributed by atoms with Gasteiger partial charge in [0.2, 0.25) is 0 Å². The molecule has 0 spiro atoms. The topological polar surface area (TPSA) is 40.1 Å². The van der Waals surface area contributed by atoms with Gasteiger partial charge in [-0.3, -0.25) is 0 Å². The van der Waals surface area contributed by atoms with Crippen LogP contribution in [-0.2, 0) is 4.79 Å². The summed E-state index contributed by atoms with van der Waals surface area (Å²) in [4.78, 5) is 11.1. The fourth-order valence-corrected chi connectivity index (χ4v) is 1.81. The Balaban J connectivity index is 3.98. The summed E-state index contributed by atoms with van der Waals surface area (Å²) in [7, 11) is 3.95. The van der Waals surface area contributed by atoms with Crippen LogP contribution in [0.25, 0.3) is 0 Å². The number of aliphatic carboxylic acids is 1. The molecule has 0 atom stereocenters. The van der Waals surface area contributed by atoms with E-state index >= 15 is 0 Å². The van der Waals surface area contributed by atoms with E-state index in [-0.39, 0.29) is 0 Å². The Hall–Kier alpha value is -0.570. The molecule has 0 aromatic heterocycles. The molecule has 0 aromatic rings. The molecule has 0 saturated heterocycles. The highest BCUT2D eigenvalue weighted by Gasteiger charge is 2.37. The average molecular weight is 243 g/mol. The van der Waals surface area contributed by atoms with Gasteiger partial charge in [-0.2, -0.15) is 0 Å². The third kappa shape index (κ3) is 5.07. The number of carbonyl (C=O) groups excluding carboxylic acids is 1. The minimum atomic E-state index is -0.964. The van der Waals surface area contributed by atoms with Crippen LogP contribution in [0.15, 0.2) is 0 Å². The molecule has 3 nitrogen and oxygen atoms in total. The molecule has 3 heteroatoms. The van der Waals surface area contributed by atoms with Gasteiger partial charge in [0.25, 0.3) is 0 Å². The van der Waals surface area contributed by atoms with Crippen molar-refractivity contribution >= 4 is 5.97 Å². The van der Waals surface area contributed by atoms with Gasteiger partial charge in [-0.1, -0.05) is 32.6 Å². The molecular weight excluding hydrogens is 214 g/mol. The summed E-state index contributed by atoms with van der Waals surface area (Å²) in [5.74, 6) is -0.964. The van der Waals surface area contributed by atoms with Gasteiger partial charge in [0, 0.05) is 0 Å². The van der Waals surface area contributed by atoms with Crippen LogP contribution in [0.2, 0.25) is 0 Å². The van der Waals surface area contributed by atoms with Gasteiger partial charge in [-0.05, 0) is 26.7 Å². The van der Waals surface area contributed by atoms with E-state index in [1.165, 1.54) is 32.1 Å². The van der Waals surface area contributed by atoms with E-state index in [2.05, 4.69) is 6.92 Å². The zero-order valence-corrected chi connectivity index (χ0v) is 12.2. The molecule has 0 unspecified atom stereocenters. The molecule has 0 aliphatic rings. The molecule has 0 aliphatic heterocycles. The van der Waals surface area contributed by atoms with Crippen molar-refractivity contribution in [3.8, 4) is 0 Å². The Kier molecular flexibility index (Phi) is 6.76. The Labute approximate surface area is 106 Å². The van der Waals surface area contributed by atoms with E-state index in [1.807, 2.05) is 14.1 Å². The lowest BCUT2D eigenvalue weighted by atomic mass is 9.99. The monoisotopic (exact) mass is 243 g/mol. The lowest BCUT2D eigenvalue weighted by molar-refractivity contribution is -0.930. The van der Waals surface area contributed by atoms with Gasteiger partial charge in [0.15, 0.2) is 0 Å². The lowest BCUT2D eigenvalue weighted by Gasteiger charge is -2.45. The summed E-state index contributed by atoms with van der Waals surface area (Å²) in [6, 6.07) is 0. The average Bonchev–Trinajstić information content (AvgIpc) is 2.22. The van der Waals surface area contributed by atoms with Gasteiger partial charge in [-0.25, -0.2) is 0 Å². The summed E-state index contributed by atoms with van der Waals surface area (Å²) >= 11 is 0.